The number of aryl methyl sites for hydroxylation is 2. The number of ketones is 1. The third kappa shape index (κ3) is 2.68. The van der Waals surface area contributed by atoms with E-state index in [2.05, 4.69) is 0 Å². The van der Waals surface area contributed by atoms with E-state index in [1.165, 1.54) is 0 Å². The van der Waals surface area contributed by atoms with Gasteiger partial charge in [-0.3, -0.25) is 4.79 Å². The number of rotatable bonds is 3. The average Bonchev–Trinajstić information content (AvgIpc) is 2.85. The molecule has 0 amide bonds. The van der Waals surface area contributed by atoms with Crippen molar-refractivity contribution in [2.75, 3.05) is 0 Å². The first-order valence-corrected chi connectivity index (χ1v) is 6.52. The zero-order valence-electron chi connectivity index (χ0n) is 10.3. The molecule has 18 heavy (non-hydrogen) atoms. The summed E-state index contributed by atoms with van der Waals surface area (Å²) in [6.45, 7) is 3.59. The van der Waals surface area contributed by atoms with Crippen LogP contribution in [0.1, 0.15) is 26.4 Å². The maximum Gasteiger partial charge on any atom is 0.185 e. The molecule has 0 unspecified atom stereocenters. The van der Waals surface area contributed by atoms with Crippen LogP contribution in [0, 0.1) is 13.8 Å². The summed E-state index contributed by atoms with van der Waals surface area (Å²) in [4.78, 5) is 13.0. The zero-order chi connectivity index (χ0) is 13.1. The Morgan fingerprint density at radius 1 is 1.28 bits per heavy atom. The van der Waals surface area contributed by atoms with E-state index in [9.17, 15) is 9.90 Å². The van der Waals surface area contributed by atoms with Gasteiger partial charge in [-0.2, -0.15) is 0 Å². The van der Waals surface area contributed by atoms with E-state index in [0.717, 1.165) is 16.0 Å². The largest absolute Gasteiger partial charge is 0.507 e. The summed E-state index contributed by atoms with van der Waals surface area (Å²) < 4.78 is 0. The lowest BCUT2D eigenvalue weighted by Crippen LogP contribution is -1.96. The first kappa shape index (κ1) is 12.6. The molecule has 0 bridgehead atoms. The molecule has 2 rings (SSSR count). The van der Waals surface area contributed by atoms with Gasteiger partial charge in [-0.1, -0.05) is 6.07 Å². The van der Waals surface area contributed by atoms with Crippen LogP contribution in [0.2, 0.25) is 0 Å². The molecule has 2 nitrogen and oxygen atoms in total. The molecule has 3 heteroatoms. The average molecular weight is 258 g/mol. The Kier molecular flexibility index (Phi) is 3.63. The van der Waals surface area contributed by atoms with Crippen molar-refractivity contribution in [1.29, 1.82) is 0 Å². The lowest BCUT2D eigenvalue weighted by Gasteiger charge is -2.05. The second-order valence-electron chi connectivity index (χ2n) is 4.17. The Morgan fingerprint density at radius 3 is 2.50 bits per heavy atom. The molecule has 0 aliphatic heterocycles. The molecule has 0 saturated heterocycles. The van der Waals surface area contributed by atoms with Gasteiger partial charge in [0.25, 0.3) is 0 Å². The van der Waals surface area contributed by atoms with Crippen molar-refractivity contribution in [2.45, 2.75) is 13.8 Å². The van der Waals surface area contributed by atoms with Crippen LogP contribution in [0.15, 0.2) is 35.7 Å². The smallest absolute Gasteiger partial charge is 0.185 e. The number of hydrogen-bond acceptors (Lipinski definition) is 3. The topological polar surface area (TPSA) is 37.3 Å². The van der Waals surface area contributed by atoms with Crippen LogP contribution in [0.25, 0.3) is 6.08 Å². The lowest BCUT2D eigenvalue weighted by atomic mass is 10.0. The predicted molar refractivity (Wildman–Crippen MR) is 75.3 cm³/mol. The molecule has 92 valence electrons. The van der Waals surface area contributed by atoms with Crippen molar-refractivity contribution in [3.8, 4) is 5.75 Å². The predicted octanol–water partition coefficient (Wildman–Crippen LogP) is 3.97. The van der Waals surface area contributed by atoms with E-state index in [1.807, 2.05) is 23.6 Å². The van der Waals surface area contributed by atoms with E-state index < -0.39 is 0 Å². The summed E-state index contributed by atoms with van der Waals surface area (Å²) in [6.07, 6.45) is 3.38. The number of benzene rings is 1. The van der Waals surface area contributed by atoms with Crippen LogP contribution in [-0.4, -0.2) is 10.9 Å². The van der Waals surface area contributed by atoms with Crippen LogP contribution in [0.4, 0.5) is 0 Å². The van der Waals surface area contributed by atoms with Crippen LogP contribution in [0.5, 0.6) is 5.75 Å². The highest BCUT2D eigenvalue weighted by molar-refractivity contribution is 7.10. The van der Waals surface area contributed by atoms with Crippen molar-refractivity contribution in [1.82, 2.24) is 0 Å². The molecule has 0 spiro atoms. The number of phenols is 1. The standard InChI is InChI=1S/C15H14O2S/c1-10-8-12(9-11(2)15(10)17)14(16)6-5-13-4-3-7-18-13/h3-9,17H,1-2H3/b6-5+. The first-order valence-electron chi connectivity index (χ1n) is 5.64. The summed E-state index contributed by atoms with van der Waals surface area (Å²) in [7, 11) is 0. The SMILES string of the molecule is Cc1cc(C(=O)/C=C/c2cccs2)cc(C)c1O. The molecule has 0 radical (unpaired) electrons. The Bertz CT molecular complexity index is 572. The van der Waals surface area contributed by atoms with Gasteiger partial charge >= 0.3 is 0 Å². The van der Waals surface area contributed by atoms with Gasteiger partial charge in [0.15, 0.2) is 5.78 Å². The second-order valence-corrected chi connectivity index (χ2v) is 5.15. The van der Waals surface area contributed by atoms with Crippen LogP contribution >= 0.6 is 11.3 Å². The number of allylic oxidation sites excluding steroid dienone is 1. The molecule has 0 atom stereocenters. The van der Waals surface area contributed by atoms with E-state index in [-0.39, 0.29) is 11.5 Å². The van der Waals surface area contributed by atoms with Crippen molar-refractivity contribution in [2.24, 2.45) is 0 Å². The van der Waals surface area contributed by atoms with Gasteiger partial charge in [0.2, 0.25) is 0 Å². The van der Waals surface area contributed by atoms with E-state index in [1.54, 1.807) is 43.4 Å². The van der Waals surface area contributed by atoms with Crippen molar-refractivity contribution < 1.29 is 9.90 Å². The molecule has 1 heterocycles. The van der Waals surface area contributed by atoms with Gasteiger partial charge in [-0.25, -0.2) is 0 Å². The number of carbonyl (C=O) groups excluding carboxylic acids is 1. The molecule has 1 N–H and O–H groups in total. The highest BCUT2D eigenvalue weighted by Gasteiger charge is 2.07. The molecule has 1 aromatic carbocycles. The van der Waals surface area contributed by atoms with Gasteiger partial charge in [0.1, 0.15) is 5.75 Å². The third-order valence-corrected chi connectivity index (χ3v) is 3.56. The van der Waals surface area contributed by atoms with Crippen LogP contribution in [-0.2, 0) is 0 Å². The minimum absolute atomic E-state index is 0.0467. The van der Waals surface area contributed by atoms with Gasteiger partial charge < -0.3 is 5.11 Å². The molecule has 0 aliphatic rings. The monoisotopic (exact) mass is 258 g/mol. The summed E-state index contributed by atoms with van der Waals surface area (Å²) in [6, 6.07) is 7.33. The minimum Gasteiger partial charge on any atom is -0.507 e. The van der Waals surface area contributed by atoms with Gasteiger partial charge in [-0.05, 0) is 60.7 Å². The highest BCUT2D eigenvalue weighted by atomic mass is 32.1. The molecule has 0 saturated carbocycles. The fourth-order valence-electron chi connectivity index (χ4n) is 1.74. The number of phenolic OH excluding ortho intramolecular Hbond substituents is 1. The normalized spacial score (nSPS) is 11.0. The third-order valence-electron chi connectivity index (χ3n) is 2.72. The first-order chi connectivity index (χ1) is 8.58. The van der Waals surface area contributed by atoms with Gasteiger partial charge in [-0.15, -0.1) is 11.3 Å². The molecule has 0 aliphatic carbocycles. The molecule has 0 fully saturated rings. The Hall–Kier alpha value is -1.87. The van der Waals surface area contributed by atoms with Crippen molar-refractivity contribution >= 4 is 23.2 Å². The molecular formula is C15H14O2S. The molecule has 1 aromatic heterocycles. The van der Waals surface area contributed by atoms with Crippen LogP contribution < -0.4 is 0 Å². The summed E-state index contributed by atoms with van der Waals surface area (Å²) >= 11 is 1.59. The Labute approximate surface area is 110 Å². The number of hydrogen-bond donors (Lipinski definition) is 1. The molecular weight excluding hydrogens is 244 g/mol. The second kappa shape index (κ2) is 5.19. The van der Waals surface area contributed by atoms with Crippen molar-refractivity contribution in [3.05, 3.63) is 57.3 Å². The van der Waals surface area contributed by atoms with Gasteiger partial charge in [0, 0.05) is 10.4 Å². The Morgan fingerprint density at radius 2 is 1.94 bits per heavy atom. The van der Waals surface area contributed by atoms with E-state index in [4.69, 9.17) is 0 Å². The Balaban J connectivity index is 2.24. The minimum atomic E-state index is -0.0467. The highest BCUT2D eigenvalue weighted by Crippen LogP contribution is 2.23. The molecule has 2 aromatic rings. The lowest BCUT2D eigenvalue weighted by molar-refractivity contribution is 0.104. The van der Waals surface area contributed by atoms with Gasteiger partial charge in [0.05, 0.1) is 0 Å². The van der Waals surface area contributed by atoms with E-state index in [0.29, 0.717) is 5.56 Å². The van der Waals surface area contributed by atoms with Crippen molar-refractivity contribution in [3.63, 3.8) is 0 Å². The van der Waals surface area contributed by atoms with E-state index >= 15 is 0 Å². The summed E-state index contributed by atoms with van der Waals surface area (Å²) in [5, 5.41) is 11.6. The zero-order valence-corrected chi connectivity index (χ0v) is 11.1. The maximum atomic E-state index is 12.0. The summed E-state index contributed by atoms with van der Waals surface area (Å²) in [5.74, 6) is 0.211. The fraction of sp³-hybridized carbons (Fsp3) is 0.133. The number of carbonyl (C=O) groups is 1. The summed E-state index contributed by atoms with van der Waals surface area (Å²) in [5.41, 5.74) is 2.06. The maximum absolute atomic E-state index is 12.0. The fourth-order valence-corrected chi connectivity index (χ4v) is 2.36. The quantitative estimate of drug-likeness (QED) is 0.668. The van der Waals surface area contributed by atoms with Crippen LogP contribution in [0.3, 0.4) is 0 Å². The number of aromatic hydroxyl groups is 1. The number of thiophene rings is 1.